The molecule has 1 aliphatic heterocycles. The minimum Gasteiger partial charge on any atom is -0.399 e. The van der Waals surface area contributed by atoms with Gasteiger partial charge in [-0.2, -0.15) is 5.26 Å². The molecule has 0 bridgehead atoms. The zero-order valence-electron chi connectivity index (χ0n) is 11.6. The summed E-state index contributed by atoms with van der Waals surface area (Å²) in [5, 5.41) is 8.57. The second-order valence-electron chi connectivity index (χ2n) is 5.05. The molecule has 1 saturated heterocycles. The van der Waals surface area contributed by atoms with Gasteiger partial charge in [0.15, 0.2) is 0 Å². The first kappa shape index (κ1) is 14.4. The van der Waals surface area contributed by atoms with Crippen LogP contribution in [-0.4, -0.2) is 48.4 Å². The Hall–Kier alpha value is -2.06. The van der Waals surface area contributed by atoms with Crippen LogP contribution in [0.5, 0.6) is 0 Å². The standard InChI is InChI=1S/C15H20N4O/c16-6-1-7-18-8-10-19(11-9-18)15(20)12-13-2-4-14(17)5-3-13/h2-5H,1,7-12,17H2. The van der Waals surface area contributed by atoms with Crippen molar-refractivity contribution < 1.29 is 4.79 Å². The second-order valence-corrected chi connectivity index (χ2v) is 5.05. The quantitative estimate of drug-likeness (QED) is 0.825. The van der Waals surface area contributed by atoms with Crippen LogP contribution < -0.4 is 5.73 Å². The second kappa shape index (κ2) is 6.92. The molecule has 0 atom stereocenters. The fraction of sp³-hybridized carbons (Fsp3) is 0.467. The van der Waals surface area contributed by atoms with Gasteiger partial charge in [0.25, 0.3) is 0 Å². The third-order valence-electron chi connectivity index (χ3n) is 3.60. The molecule has 1 aromatic rings. The molecule has 5 heteroatoms. The molecule has 0 radical (unpaired) electrons. The third kappa shape index (κ3) is 3.97. The molecular formula is C15H20N4O. The van der Waals surface area contributed by atoms with Gasteiger partial charge in [0.05, 0.1) is 12.5 Å². The summed E-state index contributed by atoms with van der Waals surface area (Å²) >= 11 is 0. The Balaban J connectivity index is 1.80. The van der Waals surface area contributed by atoms with Gasteiger partial charge >= 0.3 is 0 Å². The van der Waals surface area contributed by atoms with Crippen LogP contribution in [0, 0.1) is 11.3 Å². The maximum absolute atomic E-state index is 12.2. The van der Waals surface area contributed by atoms with E-state index < -0.39 is 0 Å². The van der Waals surface area contributed by atoms with Crippen molar-refractivity contribution in [1.29, 1.82) is 5.26 Å². The zero-order chi connectivity index (χ0) is 14.4. The minimum absolute atomic E-state index is 0.162. The lowest BCUT2D eigenvalue weighted by molar-refractivity contribution is -0.132. The fourth-order valence-electron chi connectivity index (χ4n) is 2.35. The van der Waals surface area contributed by atoms with E-state index in [1.54, 1.807) is 0 Å². The van der Waals surface area contributed by atoms with Crippen LogP contribution in [0.2, 0.25) is 0 Å². The maximum Gasteiger partial charge on any atom is 0.227 e. The third-order valence-corrected chi connectivity index (χ3v) is 3.60. The van der Waals surface area contributed by atoms with Crippen LogP contribution in [0.4, 0.5) is 5.69 Å². The van der Waals surface area contributed by atoms with Crippen molar-refractivity contribution in [2.75, 3.05) is 38.5 Å². The number of nitriles is 1. The van der Waals surface area contributed by atoms with Crippen LogP contribution in [0.25, 0.3) is 0 Å². The van der Waals surface area contributed by atoms with E-state index in [2.05, 4.69) is 11.0 Å². The first-order chi connectivity index (χ1) is 9.69. The molecule has 1 amide bonds. The van der Waals surface area contributed by atoms with Gasteiger partial charge in [0.2, 0.25) is 5.91 Å². The van der Waals surface area contributed by atoms with Gasteiger partial charge in [-0.1, -0.05) is 12.1 Å². The average Bonchev–Trinajstić information content (AvgIpc) is 2.48. The van der Waals surface area contributed by atoms with E-state index in [1.807, 2.05) is 29.2 Å². The van der Waals surface area contributed by atoms with Crippen LogP contribution >= 0.6 is 0 Å². The Morgan fingerprint density at radius 1 is 1.20 bits per heavy atom. The van der Waals surface area contributed by atoms with E-state index in [0.717, 1.165) is 38.3 Å². The van der Waals surface area contributed by atoms with E-state index >= 15 is 0 Å². The lowest BCUT2D eigenvalue weighted by Crippen LogP contribution is -2.49. The van der Waals surface area contributed by atoms with Gasteiger partial charge < -0.3 is 10.6 Å². The molecule has 0 spiro atoms. The molecule has 1 aliphatic rings. The summed E-state index contributed by atoms with van der Waals surface area (Å²) in [6.45, 7) is 4.01. The molecule has 0 unspecified atom stereocenters. The Morgan fingerprint density at radius 3 is 2.45 bits per heavy atom. The van der Waals surface area contributed by atoms with Crippen molar-refractivity contribution in [3.8, 4) is 6.07 Å². The molecule has 1 aromatic carbocycles. The molecule has 20 heavy (non-hydrogen) atoms. The van der Waals surface area contributed by atoms with Gasteiger partial charge in [-0.05, 0) is 17.7 Å². The predicted molar refractivity (Wildman–Crippen MR) is 77.8 cm³/mol. The minimum atomic E-state index is 0.162. The number of carbonyl (C=O) groups excluding carboxylic acids is 1. The number of nitrogens with zero attached hydrogens (tertiary/aromatic N) is 3. The first-order valence-electron chi connectivity index (χ1n) is 6.90. The molecular weight excluding hydrogens is 252 g/mol. The van der Waals surface area contributed by atoms with Gasteiger partial charge in [-0.15, -0.1) is 0 Å². The van der Waals surface area contributed by atoms with Gasteiger partial charge in [0.1, 0.15) is 0 Å². The lowest BCUT2D eigenvalue weighted by Gasteiger charge is -2.34. The number of piperazine rings is 1. The van der Waals surface area contributed by atoms with Crippen LogP contribution in [0.3, 0.4) is 0 Å². The maximum atomic E-state index is 12.2. The monoisotopic (exact) mass is 272 g/mol. The molecule has 1 heterocycles. The summed E-state index contributed by atoms with van der Waals surface area (Å²) < 4.78 is 0. The molecule has 2 N–H and O–H groups in total. The van der Waals surface area contributed by atoms with Crippen LogP contribution in [-0.2, 0) is 11.2 Å². The summed E-state index contributed by atoms with van der Waals surface area (Å²) in [5.74, 6) is 0.162. The molecule has 5 nitrogen and oxygen atoms in total. The Bertz CT molecular complexity index is 484. The highest BCUT2D eigenvalue weighted by molar-refractivity contribution is 5.79. The predicted octanol–water partition coefficient (Wildman–Crippen LogP) is 0.869. The van der Waals surface area contributed by atoms with Crippen molar-refractivity contribution in [2.24, 2.45) is 0 Å². The fourth-order valence-corrected chi connectivity index (χ4v) is 2.35. The number of anilines is 1. The van der Waals surface area contributed by atoms with Crippen molar-refractivity contribution >= 4 is 11.6 Å². The number of hydrogen-bond donors (Lipinski definition) is 1. The SMILES string of the molecule is N#CCCN1CCN(C(=O)Cc2ccc(N)cc2)CC1. The zero-order valence-corrected chi connectivity index (χ0v) is 11.6. The van der Waals surface area contributed by atoms with Crippen LogP contribution in [0.15, 0.2) is 24.3 Å². The highest BCUT2D eigenvalue weighted by atomic mass is 16.2. The van der Waals surface area contributed by atoms with Crippen molar-refractivity contribution in [2.45, 2.75) is 12.8 Å². The highest BCUT2D eigenvalue weighted by Crippen LogP contribution is 2.09. The summed E-state index contributed by atoms with van der Waals surface area (Å²) in [6, 6.07) is 9.60. The van der Waals surface area contributed by atoms with E-state index in [0.29, 0.717) is 18.5 Å². The number of amides is 1. The van der Waals surface area contributed by atoms with E-state index in [4.69, 9.17) is 11.0 Å². The molecule has 0 saturated carbocycles. The van der Waals surface area contributed by atoms with Gasteiger partial charge in [-0.25, -0.2) is 0 Å². The van der Waals surface area contributed by atoms with E-state index in [-0.39, 0.29) is 5.91 Å². The molecule has 2 rings (SSSR count). The molecule has 0 aliphatic carbocycles. The van der Waals surface area contributed by atoms with Crippen molar-refractivity contribution in [3.05, 3.63) is 29.8 Å². The largest absolute Gasteiger partial charge is 0.399 e. The Kier molecular flexibility index (Phi) is 4.97. The topological polar surface area (TPSA) is 73.4 Å². The van der Waals surface area contributed by atoms with Crippen molar-refractivity contribution in [1.82, 2.24) is 9.80 Å². The summed E-state index contributed by atoms with van der Waals surface area (Å²) in [6.07, 6.45) is 0.984. The van der Waals surface area contributed by atoms with Gasteiger partial charge in [-0.3, -0.25) is 9.69 Å². The van der Waals surface area contributed by atoms with E-state index in [1.165, 1.54) is 0 Å². The number of benzene rings is 1. The highest BCUT2D eigenvalue weighted by Gasteiger charge is 2.20. The molecule has 1 fully saturated rings. The first-order valence-corrected chi connectivity index (χ1v) is 6.90. The smallest absolute Gasteiger partial charge is 0.227 e. The van der Waals surface area contributed by atoms with E-state index in [9.17, 15) is 4.79 Å². The Morgan fingerprint density at radius 2 is 1.85 bits per heavy atom. The molecule has 106 valence electrons. The number of rotatable bonds is 4. The Labute approximate surface area is 119 Å². The number of hydrogen-bond acceptors (Lipinski definition) is 4. The lowest BCUT2D eigenvalue weighted by atomic mass is 10.1. The van der Waals surface area contributed by atoms with Crippen molar-refractivity contribution in [3.63, 3.8) is 0 Å². The molecule has 0 aromatic heterocycles. The summed E-state index contributed by atoms with van der Waals surface area (Å²) in [5.41, 5.74) is 7.34. The summed E-state index contributed by atoms with van der Waals surface area (Å²) in [4.78, 5) is 16.3. The average molecular weight is 272 g/mol. The van der Waals surface area contributed by atoms with Gasteiger partial charge in [0, 0.05) is 44.8 Å². The number of nitrogen functional groups attached to an aromatic ring is 1. The normalized spacial score (nSPS) is 15.8. The summed E-state index contributed by atoms with van der Waals surface area (Å²) in [7, 11) is 0. The van der Waals surface area contributed by atoms with Crippen LogP contribution in [0.1, 0.15) is 12.0 Å². The number of nitrogens with two attached hydrogens (primary N) is 1. The number of carbonyl (C=O) groups is 1.